The highest BCUT2D eigenvalue weighted by atomic mass is 16.6. The second-order valence-corrected chi connectivity index (χ2v) is 3.69. The molecule has 2 nitrogen and oxygen atoms in total. The SMILES string of the molecule is CCC1(c2ccccc2)CCC(=O)O1. The van der Waals surface area contributed by atoms with E-state index < -0.39 is 0 Å². The van der Waals surface area contributed by atoms with Crippen molar-refractivity contribution in [2.24, 2.45) is 0 Å². The molecule has 0 saturated carbocycles. The van der Waals surface area contributed by atoms with Crippen LogP contribution in [0.25, 0.3) is 0 Å². The molecule has 74 valence electrons. The predicted molar refractivity (Wildman–Crippen MR) is 53.7 cm³/mol. The third kappa shape index (κ3) is 1.41. The topological polar surface area (TPSA) is 26.3 Å². The van der Waals surface area contributed by atoms with E-state index >= 15 is 0 Å². The van der Waals surface area contributed by atoms with Crippen molar-refractivity contribution in [3.05, 3.63) is 35.9 Å². The quantitative estimate of drug-likeness (QED) is 0.670. The minimum Gasteiger partial charge on any atom is -0.454 e. The van der Waals surface area contributed by atoms with E-state index in [9.17, 15) is 4.79 Å². The fraction of sp³-hybridized carbons (Fsp3) is 0.417. The molecule has 0 amide bonds. The van der Waals surface area contributed by atoms with Crippen molar-refractivity contribution in [3.63, 3.8) is 0 Å². The first kappa shape index (κ1) is 9.25. The van der Waals surface area contributed by atoms with Gasteiger partial charge in [0.1, 0.15) is 5.60 Å². The maximum Gasteiger partial charge on any atom is 0.306 e. The van der Waals surface area contributed by atoms with E-state index in [1.807, 2.05) is 30.3 Å². The lowest BCUT2D eigenvalue weighted by Crippen LogP contribution is -2.24. The van der Waals surface area contributed by atoms with Gasteiger partial charge in [0.2, 0.25) is 0 Å². The largest absolute Gasteiger partial charge is 0.454 e. The number of benzene rings is 1. The summed E-state index contributed by atoms with van der Waals surface area (Å²) in [6.07, 6.45) is 2.21. The molecule has 1 aromatic carbocycles. The first-order chi connectivity index (χ1) is 6.77. The highest BCUT2D eigenvalue weighted by molar-refractivity contribution is 5.72. The Morgan fingerprint density at radius 3 is 2.57 bits per heavy atom. The molecule has 0 bridgehead atoms. The summed E-state index contributed by atoms with van der Waals surface area (Å²) in [5.41, 5.74) is 0.770. The van der Waals surface area contributed by atoms with E-state index in [0.717, 1.165) is 18.4 Å². The molecule has 1 aliphatic rings. The Labute approximate surface area is 83.9 Å². The molecule has 2 rings (SSSR count). The van der Waals surface area contributed by atoms with Crippen molar-refractivity contribution in [2.45, 2.75) is 31.8 Å². The molecule has 0 radical (unpaired) electrons. The zero-order valence-electron chi connectivity index (χ0n) is 8.32. The Morgan fingerprint density at radius 2 is 2.07 bits per heavy atom. The fourth-order valence-electron chi connectivity index (χ4n) is 2.02. The van der Waals surface area contributed by atoms with Crippen molar-refractivity contribution < 1.29 is 9.53 Å². The molecular weight excluding hydrogens is 176 g/mol. The average Bonchev–Trinajstić information content (AvgIpc) is 2.63. The van der Waals surface area contributed by atoms with Gasteiger partial charge in [-0.1, -0.05) is 37.3 Å². The van der Waals surface area contributed by atoms with Crippen LogP contribution in [0.2, 0.25) is 0 Å². The first-order valence-electron chi connectivity index (χ1n) is 5.04. The summed E-state index contributed by atoms with van der Waals surface area (Å²) in [7, 11) is 0. The zero-order valence-corrected chi connectivity index (χ0v) is 8.32. The number of carbonyl (C=O) groups is 1. The number of esters is 1. The van der Waals surface area contributed by atoms with Gasteiger partial charge in [0.25, 0.3) is 0 Å². The van der Waals surface area contributed by atoms with Crippen molar-refractivity contribution in [1.29, 1.82) is 0 Å². The summed E-state index contributed by atoms with van der Waals surface area (Å²) < 4.78 is 5.45. The Kier molecular flexibility index (Phi) is 2.28. The van der Waals surface area contributed by atoms with Crippen LogP contribution in [0.1, 0.15) is 31.7 Å². The Balaban J connectivity index is 2.34. The van der Waals surface area contributed by atoms with Crippen molar-refractivity contribution in [3.8, 4) is 0 Å². The van der Waals surface area contributed by atoms with Crippen LogP contribution in [0, 0.1) is 0 Å². The minimum atomic E-state index is -0.349. The highest BCUT2D eigenvalue weighted by Crippen LogP contribution is 2.39. The Bertz CT molecular complexity index is 331. The summed E-state index contributed by atoms with van der Waals surface area (Å²) in [4.78, 5) is 11.2. The van der Waals surface area contributed by atoms with Crippen LogP contribution in [-0.4, -0.2) is 5.97 Å². The van der Waals surface area contributed by atoms with Crippen LogP contribution in [0.5, 0.6) is 0 Å². The van der Waals surface area contributed by atoms with Crippen molar-refractivity contribution in [2.75, 3.05) is 0 Å². The molecule has 0 aliphatic carbocycles. The molecule has 1 heterocycles. The number of cyclic esters (lactones) is 1. The van der Waals surface area contributed by atoms with Gasteiger partial charge >= 0.3 is 5.97 Å². The summed E-state index contributed by atoms with van der Waals surface area (Å²) >= 11 is 0. The summed E-state index contributed by atoms with van der Waals surface area (Å²) in [5, 5.41) is 0. The second-order valence-electron chi connectivity index (χ2n) is 3.69. The molecule has 0 aromatic heterocycles. The van der Waals surface area contributed by atoms with Gasteiger partial charge in [0, 0.05) is 12.8 Å². The van der Waals surface area contributed by atoms with Gasteiger partial charge in [0.05, 0.1) is 0 Å². The van der Waals surface area contributed by atoms with Gasteiger partial charge in [0.15, 0.2) is 0 Å². The third-order valence-electron chi connectivity index (χ3n) is 2.91. The number of hydrogen-bond acceptors (Lipinski definition) is 2. The number of carbonyl (C=O) groups excluding carboxylic acids is 1. The van der Waals surface area contributed by atoms with Gasteiger partial charge in [-0.05, 0) is 12.0 Å². The molecule has 1 saturated heterocycles. The van der Waals surface area contributed by atoms with Crippen LogP contribution >= 0.6 is 0 Å². The van der Waals surface area contributed by atoms with Crippen LogP contribution in [0.3, 0.4) is 0 Å². The molecule has 0 spiro atoms. The maximum atomic E-state index is 11.2. The molecule has 1 atom stereocenters. The van der Waals surface area contributed by atoms with Crippen LogP contribution in [0.4, 0.5) is 0 Å². The molecule has 1 aliphatic heterocycles. The lowest BCUT2D eigenvalue weighted by molar-refractivity contribution is -0.149. The van der Waals surface area contributed by atoms with E-state index in [0.29, 0.717) is 6.42 Å². The van der Waals surface area contributed by atoms with Gasteiger partial charge in [-0.2, -0.15) is 0 Å². The predicted octanol–water partition coefficient (Wildman–Crippen LogP) is 2.63. The standard InChI is InChI=1S/C12H14O2/c1-2-12(9-8-11(13)14-12)10-6-4-3-5-7-10/h3-7H,2,8-9H2,1H3. The van der Waals surface area contributed by atoms with E-state index in [1.165, 1.54) is 0 Å². The molecular formula is C12H14O2. The molecule has 1 unspecified atom stereocenters. The third-order valence-corrected chi connectivity index (χ3v) is 2.91. The normalized spacial score (nSPS) is 26.2. The fourth-order valence-corrected chi connectivity index (χ4v) is 2.02. The van der Waals surface area contributed by atoms with E-state index in [4.69, 9.17) is 4.74 Å². The number of hydrogen-bond donors (Lipinski definition) is 0. The van der Waals surface area contributed by atoms with E-state index in [-0.39, 0.29) is 11.6 Å². The van der Waals surface area contributed by atoms with Crippen LogP contribution < -0.4 is 0 Å². The average molecular weight is 190 g/mol. The lowest BCUT2D eigenvalue weighted by Gasteiger charge is -2.26. The van der Waals surface area contributed by atoms with Gasteiger partial charge in [-0.15, -0.1) is 0 Å². The van der Waals surface area contributed by atoms with Crippen LogP contribution in [0.15, 0.2) is 30.3 Å². The summed E-state index contributed by atoms with van der Waals surface area (Å²) in [6.45, 7) is 2.06. The second kappa shape index (κ2) is 3.45. The number of ether oxygens (including phenoxy) is 1. The zero-order chi connectivity index (χ0) is 10.0. The lowest BCUT2D eigenvalue weighted by atomic mass is 9.88. The molecule has 0 N–H and O–H groups in total. The number of rotatable bonds is 2. The highest BCUT2D eigenvalue weighted by Gasteiger charge is 2.39. The molecule has 1 fully saturated rings. The Morgan fingerprint density at radius 1 is 1.36 bits per heavy atom. The molecule has 14 heavy (non-hydrogen) atoms. The van der Waals surface area contributed by atoms with E-state index in [1.54, 1.807) is 0 Å². The van der Waals surface area contributed by atoms with Gasteiger partial charge < -0.3 is 4.74 Å². The summed E-state index contributed by atoms with van der Waals surface area (Å²) in [6, 6.07) is 10.0. The van der Waals surface area contributed by atoms with Crippen molar-refractivity contribution >= 4 is 5.97 Å². The van der Waals surface area contributed by atoms with Crippen LogP contribution in [-0.2, 0) is 15.1 Å². The van der Waals surface area contributed by atoms with Gasteiger partial charge in [-0.25, -0.2) is 0 Å². The first-order valence-corrected chi connectivity index (χ1v) is 5.04. The van der Waals surface area contributed by atoms with Crippen molar-refractivity contribution in [1.82, 2.24) is 0 Å². The minimum absolute atomic E-state index is 0.0734. The maximum absolute atomic E-state index is 11.2. The van der Waals surface area contributed by atoms with Gasteiger partial charge in [-0.3, -0.25) is 4.79 Å². The smallest absolute Gasteiger partial charge is 0.306 e. The summed E-state index contributed by atoms with van der Waals surface area (Å²) in [5.74, 6) is -0.0734. The molecule has 2 heteroatoms. The van der Waals surface area contributed by atoms with E-state index in [2.05, 4.69) is 6.92 Å². The Hall–Kier alpha value is -1.31. The molecule has 1 aromatic rings. The monoisotopic (exact) mass is 190 g/mol.